The fourth-order valence-electron chi connectivity index (χ4n) is 1.76. The highest BCUT2D eigenvalue weighted by Gasteiger charge is 2.03. The van der Waals surface area contributed by atoms with Gasteiger partial charge in [0.05, 0.1) is 6.61 Å². The first-order valence-electron chi connectivity index (χ1n) is 6.62. The van der Waals surface area contributed by atoms with Gasteiger partial charge in [0.2, 0.25) is 0 Å². The lowest BCUT2D eigenvalue weighted by atomic mass is 10.3. The Balaban J connectivity index is 1.81. The topological polar surface area (TPSA) is 53.7 Å². The molecule has 0 saturated carbocycles. The van der Waals surface area contributed by atoms with Crippen molar-refractivity contribution < 1.29 is 14.2 Å². The van der Waals surface area contributed by atoms with E-state index in [2.05, 4.69) is 0 Å². The van der Waals surface area contributed by atoms with Crippen LogP contribution in [0.5, 0.6) is 17.2 Å². The molecule has 0 aliphatic rings. The van der Waals surface area contributed by atoms with Crippen LogP contribution in [0.15, 0.2) is 48.5 Å². The maximum atomic E-state index is 5.68. The first kappa shape index (κ1) is 14.1. The Morgan fingerprint density at radius 3 is 2.25 bits per heavy atom. The van der Waals surface area contributed by atoms with Crippen LogP contribution in [0.25, 0.3) is 0 Å². The monoisotopic (exact) mass is 273 g/mol. The van der Waals surface area contributed by atoms with E-state index in [1.807, 2.05) is 49.4 Å². The molecule has 0 bridgehead atoms. The summed E-state index contributed by atoms with van der Waals surface area (Å²) < 4.78 is 16.7. The molecular formula is C16H19NO3. The molecule has 20 heavy (non-hydrogen) atoms. The predicted molar refractivity (Wildman–Crippen MR) is 79.5 cm³/mol. The minimum absolute atomic E-state index is 0.443. The summed E-state index contributed by atoms with van der Waals surface area (Å²) in [6.45, 7) is 3.45. The first-order valence-corrected chi connectivity index (χ1v) is 6.62. The molecule has 2 rings (SSSR count). The van der Waals surface area contributed by atoms with Crippen molar-refractivity contribution in [3.05, 3.63) is 48.5 Å². The Kier molecular flexibility index (Phi) is 5.12. The Bertz CT molecular complexity index is 543. The Morgan fingerprint density at radius 1 is 0.850 bits per heavy atom. The second-order valence-electron chi connectivity index (χ2n) is 4.15. The zero-order chi connectivity index (χ0) is 14.2. The van der Waals surface area contributed by atoms with Gasteiger partial charge in [0.25, 0.3) is 0 Å². The van der Waals surface area contributed by atoms with Crippen LogP contribution in [-0.2, 0) is 0 Å². The fraction of sp³-hybridized carbons (Fsp3) is 0.250. The highest BCUT2D eigenvalue weighted by Crippen LogP contribution is 2.26. The van der Waals surface area contributed by atoms with E-state index in [1.54, 1.807) is 6.07 Å². The highest BCUT2D eigenvalue weighted by molar-refractivity contribution is 5.43. The molecule has 2 aromatic rings. The molecule has 0 spiro atoms. The minimum atomic E-state index is 0.443. The number of rotatable bonds is 7. The third-order valence-corrected chi connectivity index (χ3v) is 2.62. The highest BCUT2D eigenvalue weighted by atomic mass is 16.5. The van der Waals surface area contributed by atoms with Crippen LogP contribution in [-0.4, -0.2) is 19.8 Å². The van der Waals surface area contributed by atoms with Gasteiger partial charge in [-0.1, -0.05) is 18.2 Å². The third-order valence-electron chi connectivity index (χ3n) is 2.62. The van der Waals surface area contributed by atoms with Crippen LogP contribution < -0.4 is 19.9 Å². The van der Waals surface area contributed by atoms with Gasteiger partial charge in [-0.3, -0.25) is 0 Å². The zero-order valence-electron chi connectivity index (χ0n) is 11.5. The first-order chi connectivity index (χ1) is 9.79. The van der Waals surface area contributed by atoms with Crippen LogP contribution in [0.3, 0.4) is 0 Å². The molecule has 0 aromatic heterocycles. The van der Waals surface area contributed by atoms with E-state index in [0.29, 0.717) is 25.5 Å². The number of nitrogen functional groups attached to an aromatic ring is 1. The largest absolute Gasteiger partial charge is 0.490 e. The number of hydrogen-bond acceptors (Lipinski definition) is 4. The summed E-state index contributed by atoms with van der Waals surface area (Å²) in [7, 11) is 0. The number of benzene rings is 2. The molecule has 0 amide bonds. The normalized spacial score (nSPS) is 10.1. The van der Waals surface area contributed by atoms with Crippen molar-refractivity contribution in [2.75, 3.05) is 25.6 Å². The van der Waals surface area contributed by atoms with Crippen molar-refractivity contribution in [3.8, 4) is 17.2 Å². The molecule has 0 aliphatic carbocycles. The number of nitrogens with two attached hydrogens (primary N) is 1. The summed E-state index contributed by atoms with van der Waals surface area (Å²) >= 11 is 0. The van der Waals surface area contributed by atoms with E-state index in [1.165, 1.54) is 0 Å². The molecule has 4 heteroatoms. The molecule has 0 heterocycles. The quantitative estimate of drug-likeness (QED) is 0.622. The van der Waals surface area contributed by atoms with Crippen molar-refractivity contribution >= 4 is 5.69 Å². The van der Waals surface area contributed by atoms with Gasteiger partial charge in [0.1, 0.15) is 19.0 Å². The van der Waals surface area contributed by atoms with Crippen molar-refractivity contribution in [2.24, 2.45) is 0 Å². The molecule has 0 saturated heterocycles. The molecule has 0 radical (unpaired) electrons. The SMILES string of the molecule is CCOc1ccccc1OCCOc1cccc(N)c1. The Morgan fingerprint density at radius 2 is 1.55 bits per heavy atom. The average Bonchev–Trinajstić information content (AvgIpc) is 2.46. The van der Waals surface area contributed by atoms with Crippen molar-refractivity contribution in [1.29, 1.82) is 0 Å². The summed E-state index contributed by atoms with van der Waals surface area (Å²) in [5.41, 5.74) is 6.36. The van der Waals surface area contributed by atoms with E-state index in [-0.39, 0.29) is 0 Å². The molecule has 2 aromatic carbocycles. The molecule has 0 atom stereocenters. The summed E-state index contributed by atoms with van der Waals surface area (Å²) in [6, 6.07) is 14.9. The lowest BCUT2D eigenvalue weighted by molar-refractivity contribution is 0.208. The van der Waals surface area contributed by atoms with Crippen LogP contribution in [0, 0.1) is 0 Å². The van der Waals surface area contributed by atoms with Gasteiger partial charge in [0, 0.05) is 11.8 Å². The Hall–Kier alpha value is -2.36. The van der Waals surface area contributed by atoms with Crippen molar-refractivity contribution in [1.82, 2.24) is 0 Å². The van der Waals surface area contributed by atoms with Gasteiger partial charge < -0.3 is 19.9 Å². The standard InChI is InChI=1S/C16H19NO3/c1-2-18-15-8-3-4-9-16(15)20-11-10-19-14-7-5-6-13(17)12-14/h3-9,12H,2,10-11,17H2,1H3. The van der Waals surface area contributed by atoms with E-state index in [0.717, 1.165) is 17.2 Å². The van der Waals surface area contributed by atoms with E-state index >= 15 is 0 Å². The van der Waals surface area contributed by atoms with Crippen LogP contribution in [0.1, 0.15) is 6.92 Å². The summed E-state index contributed by atoms with van der Waals surface area (Å²) in [4.78, 5) is 0. The number of para-hydroxylation sites is 2. The maximum absolute atomic E-state index is 5.68. The molecule has 0 unspecified atom stereocenters. The van der Waals surface area contributed by atoms with Gasteiger partial charge in [-0.2, -0.15) is 0 Å². The number of hydrogen-bond donors (Lipinski definition) is 1. The maximum Gasteiger partial charge on any atom is 0.161 e. The van der Waals surface area contributed by atoms with Crippen LogP contribution in [0.2, 0.25) is 0 Å². The summed E-state index contributed by atoms with van der Waals surface area (Å²) in [6.07, 6.45) is 0. The number of ether oxygens (including phenoxy) is 3. The van der Waals surface area contributed by atoms with Crippen molar-refractivity contribution in [2.45, 2.75) is 6.92 Å². The van der Waals surface area contributed by atoms with E-state index in [9.17, 15) is 0 Å². The van der Waals surface area contributed by atoms with Crippen LogP contribution >= 0.6 is 0 Å². The predicted octanol–water partition coefficient (Wildman–Crippen LogP) is 3.13. The smallest absolute Gasteiger partial charge is 0.161 e. The van der Waals surface area contributed by atoms with Gasteiger partial charge in [-0.15, -0.1) is 0 Å². The average molecular weight is 273 g/mol. The molecule has 106 valence electrons. The molecule has 2 N–H and O–H groups in total. The fourth-order valence-corrected chi connectivity index (χ4v) is 1.76. The number of anilines is 1. The second kappa shape index (κ2) is 7.28. The van der Waals surface area contributed by atoms with Gasteiger partial charge in [-0.25, -0.2) is 0 Å². The third kappa shape index (κ3) is 4.09. The van der Waals surface area contributed by atoms with Gasteiger partial charge in [-0.05, 0) is 31.2 Å². The van der Waals surface area contributed by atoms with Crippen LogP contribution in [0.4, 0.5) is 5.69 Å². The molecule has 4 nitrogen and oxygen atoms in total. The van der Waals surface area contributed by atoms with E-state index in [4.69, 9.17) is 19.9 Å². The van der Waals surface area contributed by atoms with Gasteiger partial charge in [0.15, 0.2) is 11.5 Å². The lowest BCUT2D eigenvalue weighted by Gasteiger charge is -2.12. The van der Waals surface area contributed by atoms with E-state index < -0.39 is 0 Å². The molecule has 0 aliphatic heterocycles. The van der Waals surface area contributed by atoms with Gasteiger partial charge >= 0.3 is 0 Å². The summed E-state index contributed by atoms with van der Waals surface area (Å²) in [5.74, 6) is 2.22. The molecular weight excluding hydrogens is 254 g/mol. The lowest BCUT2D eigenvalue weighted by Crippen LogP contribution is -2.09. The van der Waals surface area contributed by atoms with Crippen molar-refractivity contribution in [3.63, 3.8) is 0 Å². The second-order valence-corrected chi connectivity index (χ2v) is 4.15. The minimum Gasteiger partial charge on any atom is -0.490 e. The Labute approximate surface area is 119 Å². The summed E-state index contributed by atoms with van der Waals surface area (Å²) in [5, 5.41) is 0. The molecule has 0 fully saturated rings. The zero-order valence-corrected chi connectivity index (χ0v) is 11.5.